The van der Waals surface area contributed by atoms with Crippen LogP contribution in [0.4, 0.5) is 0 Å². The molecule has 0 unspecified atom stereocenters. The molecule has 0 radical (unpaired) electrons. The van der Waals surface area contributed by atoms with Gasteiger partial charge in [-0.25, -0.2) is 0 Å². The average Bonchev–Trinajstić information content (AvgIpc) is 2.47. The van der Waals surface area contributed by atoms with Crippen LogP contribution < -0.4 is 0 Å². The molecule has 2 rings (SSSR count). The maximum absolute atomic E-state index is 9.28. The Morgan fingerprint density at radius 3 is 2.77 bits per heavy atom. The zero-order chi connectivity index (χ0) is 9.42. The summed E-state index contributed by atoms with van der Waals surface area (Å²) in [6.07, 6.45) is 0. The smallest absolute Gasteiger partial charge is 0.118 e. The number of aliphatic hydroxyl groups is 1. The fourth-order valence-corrected chi connectivity index (χ4v) is 1.88. The van der Waals surface area contributed by atoms with Gasteiger partial charge in [0.1, 0.15) is 5.75 Å². The summed E-state index contributed by atoms with van der Waals surface area (Å²) in [6.45, 7) is -0.0259. The number of phenolic OH excluding ortho intramolecular Hbond substituents is 1. The van der Waals surface area contributed by atoms with Crippen LogP contribution in [0.5, 0.6) is 5.75 Å². The van der Waals surface area contributed by atoms with Crippen molar-refractivity contribution in [3.63, 3.8) is 0 Å². The van der Waals surface area contributed by atoms with E-state index in [9.17, 15) is 5.11 Å². The van der Waals surface area contributed by atoms with E-state index in [1.54, 1.807) is 12.1 Å². The van der Waals surface area contributed by atoms with Gasteiger partial charge in [-0.2, -0.15) is 0 Å². The number of aromatic nitrogens is 1. The van der Waals surface area contributed by atoms with Crippen LogP contribution in [0, 0.1) is 0 Å². The minimum absolute atomic E-state index is 0.0259. The van der Waals surface area contributed by atoms with Gasteiger partial charge in [0.05, 0.1) is 12.1 Å². The van der Waals surface area contributed by atoms with Gasteiger partial charge in [0.2, 0.25) is 0 Å². The fourth-order valence-electron chi connectivity index (χ4n) is 1.32. The first-order chi connectivity index (χ1) is 6.20. The molecule has 0 saturated carbocycles. The van der Waals surface area contributed by atoms with Gasteiger partial charge in [-0.3, -0.25) is 0 Å². The highest BCUT2D eigenvalue weighted by molar-refractivity contribution is 9.10. The summed E-state index contributed by atoms with van der Waals surface area (Å²) >= 11 is 3.33. The Labute approximate surface area is 83.1 Å². The van der Waals surface area contributed by atoms with Crippen LogP contribution in [0.2, 0.25) is 0 Å². The number of nitrogens with one attached hydrogen (secondary N) is 1. The zero-order valence-corrected chi connectivity index (χ0v) is 8.30. The molecule has 1 heterocycles. The number of rotatable bonds is 1. The number of aromatic hydroxyl groups is 1. The van der Waals surface area contributed by atoms with E-state index in [-0.39, 0.29) is 12.4 Å². The third-order valence-electron chi connectivity index (χ3n) is 1.90. The second-order valence-electron chi connectivity index (χ2n) is 2.84. The summed E-state index contributed by atoms with van der Waals surface area (Å²) in [5, 5.41) is 19.1. The normalized spacial score (nSPS) is 10.9. The molecule has 0 bridgehead atoms. The topological polar surface area (TPSA) is 56.2 Å². The van der Waals surface area contributed by atoms with Gasteiger partial charge >= 0.3 is 0 Å². The number of hydrogen-bond acceptors (Lipinski definition) is 2. The summed E-state index contributed by atoms with van der Waals surface area (Å²) in [5.74, 6) is 0.200. The molecule has 0 saturated heterocycles. The summed E-state index contributed by atoms with van der Waals surface area (Å²) in [7, 11) is 0. The van der Waals surface area contributed by atoms with Crippen molar-refractivity contribution >= 4 is 26.8 Å². The Balaban J connectivity index is 2.75. The highest BCUT2D eigenvalue weighted by atomic mass is 79.9. The molecule has 0 aliphatic rings. The van der Waals surface area contributed by atoms with Gasteiger partial charge in [-0.05, 0) is 28.1 Å². The molecule has 13 heavy (non-hydrogen) atoms. The van der Waals surface area contributed by atoms with Crippen molar-refractivity contribution in [1.29, 1.82) is 0 Å². The van der Waals surface area contributed by atoms with Gasteiger partial charge in [-0.15, -0.1) is 0 Å². The van der Waals surface area contributed by atoms with E-state index in [0.717, 1.165) is 21.1 Å². The number of halogens is 1. The van der Waals surface area contributed by atoms with E-state index in [1.165, 1.54) is 0 Å². The Morgan fingerprint density at radius 1 is 1.31 bits per heavy atom. The van der Waals surface area contributed by atoms with E-state index < -0.39 is 0 Å². The van der Waals surface area contributed by atoms with Crippen LogP contribution in [-0.2, 0) is 6.61 Å². The van der Waals surface area contributed by atoms with E-state index in [2.05, 4.69) is 20.9 Å². The standard InChI is InChI=1S/C9H8BrNO2/c10-8-2-6(13)3-9-7(8)1-5(4-12)11-9/h1-3,11-13H,4H2. The van der Waals surface area contributed by atoms with E-state index in [4.69, 9.17) is 5.11 Å². The lowest BCUT2D eigenvalue weighted by Crippen LogP contribution is -1.78. The van der Waals surface area contributed by atoms with Gasteiger partial charge in [-0.1, -0.05) is 0 Å². The number of phenols is 1. The van der Waals surface area contributed by atoms with Crippen molar-refractivity contribution in [2.75, 3.05) is 0 Å². The third kappa shape index (κ3) is 1.43. The summed E-state index contributed by atoms with van der Waals surface area (Å²) in [5.41, 5.74) is 1.55. The summed E-state index contributed by atoms with van der Waals surface area (Å²) in [6, 6.07) is 5.09. The molecule has 0 amide bonds. The van der Waals surface area contributed by atoms with Crippen LogP contribution >= 0.6 is 15.9 Å². The summed E-state index contributed by atoms with van der Waals surface area (Å²) < 4.78 is 0.818. The molecule has 2 aromatic rings. The predicted molar refractivity (Wildman–Crippen MR) is 53.6 cm³/mol. The number of hydrogen-bond donors (Lipinski definition) is 3. The average molecular weight is 242 g/mol. The number of fused-ring (bicyclic) bond motifs is 1. The molecule has 0 spiro atoms. The van der Waals surface area contributed by atoms with E-state index in [0.29, 0.717) is 0 Å². The van der Waals surface area contributed by atoms with Crippen molar-refractivity contribution in [3.05, 3.63) is 28.4 Å². The van der Waals surface area contributed by atoms with Crippen LogP contribution in [0.1, 0.15) is 5.69 Å². The van der Waals surface area contributed by atoms with Crippen molar-refractivity contribution in [2.45, 2.75) is 6.61 Å². The van der Waals surface area contributed by atoms with E-state index >= 15 is 0 Å². The van der Waals surface area contributed by atoms with Crippen LogP contribution in [0.25, 0.3) is 10.9 Å². The van der Waals surface area contributed by atoms with Crippen molar-refractivity contribution in [2.24, 2.45) is 0 Å². The van der Waals surface area contributed by atoms with Crippen LogP contribution in [0.15, 0.2) is 22.7 Å². The second-order valence-corrected chi connectivity index (χ2v) is 3.70. The lowest BCUT2D eigenvalue weighted by molar-refractivity contribution is 0.278. The number of aromatic amines is 1. The molecule has 0 aliphatic heterocycles. The Kier molecular flexibility index (Phi) is 2.01. The minimum Gasteiger partial charge on any atom is -0.508 e. The maximum Gasteiger partial charge on any atom is 0.118 e. The Hall–Kier alpha value is -1.00. The predicted octanol–water partition coefficient (Wildman–Crippen LogP) is 2.13. The molecule has 0 atom stereocenters. The molecular formula is C9H8BrNO2. The van der Waals surface area contributed by atoms with Crippen LogP contribution in [-0.4, -0.2) is 15.2 Å². The molecule has 4 heteroatoms. The second kappa shape index (κ2) is 3.05. The van der Waals surface area contributed by atoms with Gasteiger partial charge in [0.25, 0.3) is 0 Å². The largest absolute Gasteiger partial charge is 0.508 e. The quantitative estimate of drug-likeness (QED) is 0.717. The SMILES string of the molecule is OCc1cc2c(Br)cc(O)cc2[nH]1. The molecule has 68 valence electrons. The van der Waals surface area contributed by atoms with Crippen LogP contribution in [0.3, 0.4) is 0 Å². The molecule has 0 aliphatic carbocycles. The molecular weight excluding hydrogens is 234 g/mol. The Morgan fingerprint density at radius 2 is 2.08 bits per heavy atom. The zero-order valence-electron chi connectivity index (χ0n) is 6.71. The van der Waals surface area contributed by atoms with Gasteiger partial charge in [0, 0.05) is 21.6 Å². The van der Waals surface area contributed by atoms with Crippen molar-refractivity contribution in [3.8, 4) is 5.75 Å². The number of benzene rings is 1. The van der Waals surface area contributed by atoms with Gasteiger partial charge in [0.15, 0.2) is 0 Å². The van der Waals surface area contributed by atoms with E-state index in [1.807, 2.05) is 6.07 Å². The first-order valence-electron chi connectivity index (χ1n) is 3.81. The Bertz CT molecular complexity index is 450. The molecule has 1 aromatic carbocycles. The molecule has 3 nitrogen and oxygen atoms in total. The maximum atomic E-state index is 9.28. The molecule has 3 N–H and O–H groups in total. The highest BCUT2D eigenvalue weighted by Gasteiger charge is 2.04. The third-order valence-corrected chi connectivity index (χ3v) is 2.55. The lowest BCUT2D eigenvalue weighted by atomic mass is 10.2. The minimum atomic E-state index is -0.0259. The lowest BCUT2D eigenvalue weighted by Gasteiger charge is -1.95. The van der Waals surface area contributed by atoms with Gasteiger partial charge < -0.3 is 15.2 Å². The fraction of sp³-hybridized carbons (Fsp3) is 0.111. The first kappa shape index (κ1) is 8.59. The monoisotopic (exact) mass is 241 g/mol. The first-order valence-corrected chi connectivity index (χ1v) is 4.61. The number of aliphatic hydroxyl groups excluding tert-OH is 1. The molecule has 1 aromatic heterocycles. The molecule has 0 fully saturated rings. The highest BCUT2D eigenvalue weighted by Crippen LogP contribution is 2.29. The van der Waals surface area contributed by atoms with Crippen molar-refractivity contribution < 1.29 is 10.2 Å². The number of H-pyrrole nitrogens is 1. The van der Waals surface area contributed by atoms with Crippen molar-refractivity contribution in [1.82, 2.24) is 4.98 Å². The summed E-state index contributed by atoms with van der Waals surface area (Å²) in [4.78, 5) is 2.99.